The van der Waals surface area contributed by atoms with Crippen LogP contribution in [0.4, 0.5) is 0 Å². The first-order chi connectivity index (χ1) is 8.70. The SMILES string of the molecule is CC(CCl)C(=O)N1CCN(Cc2ccsc2)CC1. The van der Waals surface area contributed by atoms with Crippen LogP contribution in [0.2, 0.25) is 0 Å². The Morgan fingerprint density at radius 1 is 1.44 bits per heavy atom. The fourth-order valence-corrected chi connectivity index (χ4v) is 2.94. The van der Waals surface area contributed by atoms with Crippen molar-refractivity contribution >= 4 is 28.8 Å². The molecule has 0 saturated carbocycles. The minimum absolute atomic E-state index is 0.0601. The summed E-state index contributed by atoms with van der Waals surface area (Å²) in [6, 6.07) is 2.16. The molecule has 1 aliphatic rings. The van der Waals surface area contributed by atoms with Crippen molar-refractivity contribution < 1.29 is 4.79 Å². The Kier molecular flexibility index (Phi) is 5.03. The fourth-order valence-electron chi connectivity index (χ4n) is 2.14. The van der Waals surface area contributed by atoms with Crippen LogP contribution in [0.1, 0.15) is 12.5 Å². The minimum Gasteiger partial charge on any atom is -0.340 e. The molecule has 1 aromatic rings. The number of halogens is 1. The second kappa shape index (κ2) is 6.55. The Balaban J connectivity index is 1.79. The van der Waals surface area contributed by atoms with Gasteiger partial charge in [0.25, 0.3) is 0 Å². The van der Waals surface area contributed by atoms with Gasteiger partial charge in [0.15, 0.2) is 0 Å². The Bertz CT molecular complexity index is 374. The highest BCUT2D eigenvalue weighted by Gasteiger charge is 2.24. The highest BCUT2D eigenvalue weighted by molar-refractivity contribution is 7.07. The smallest absolute Gasteiger partial charge is 0.226 e. The quantitative estimate of drug-likeness (QED) is 0.793. The summed E-state index contributed by atoms with van der Waals surface area (Å²) in [4.78, 5) is 16.3. The maximum Gasteiger partial charge on any atom is 0.226 e. The molecule has 0 bridgehead atoms. The van der Waals surface area contributed by atoms with Gasteiger partial charge in [-0.15, -0.1) is 11.6 Å². The summed E-state index contributed by atoms with van der Waals surface area (Å²) in [6.07, 6.45) is 0. The topological polar surface area (TPSA) is 23.6 Å². The predicted octanol–water partition coefficient (Wildman–Crippen LogP) is 2.27. The third-order valence-electron chi connectivity index (χ3n) is 3.32. The minimum atomic E-state index is -0.0601. The lowest BCUT2D eigenvalue weighted by Crippen LogP contribution is -2.49. The number of alkyl halides is 1. The molecular formula is C13H19ClN2OS. The van der Waals surface area contributed by atoms with E-state index >= 15 is 0 Å². The molecule has 3 nitrogen and oxygen atoms in total. The monoisotopic (exact) mass is 286 g/mol. The van der Waals surface area contributed by atoms with E-state index in [4.69, 9.17) is 11.6 Å². The number of piperazine rings is 1. The number of carbonyl (C=O) groups excluding carboxylic acids is 1. The van der Waals surface area contributed by atoms with Gasteiger partial charge < -0.3 is 4.90 Å². The van der Waals surface area contributed by atoms with Gasteiger partial charge in [0.2, 0.25) is 5.91 Å². The number of rotatable bonds is 4. The lowest BCUT2D eigenvalue weighted by molar-refractivity contribution is -0.136. The first-order valence-corrected chi connectivity index (χ1v) is 7.76. The van der Waals surface area contributed by atoms with Gasteiger partial charge in [-0.05, 0) is 22.4 Å². The average molecular weight is 287 g/mol. The third-order valence-corrected chi connectivity index (χ3v) is 4.52. The van der Waals surface area contributed by atoms with Crippen LogP contribution >= 0.6 is 22.9 Å². The van der Waals surface area contributed by atoms with E-state index in [1.54, 1.807) is 11.3 Å². The van der Waals surface area contributed by atoms with E-state index in [0.29, 0.717) is 5.88 Å². The molecule has 0 radical (unpaired) electrons. The van der Waals surface area contributed by atoms with Crippen molar-refractivity contribution in [3.63, 3.8) is 0 Å². The molecule has 1 unspecified atom stereocenters. The molecule has 1 amide bonds. The summed E-state index contributed by atoms with van der Waals surface area (Å²) in [7, 11) is 0. The summed E-state index contributed by atoms with van der Waals surface area (Å²) in [6.45, 7) is 6.45. The van der Waals surface area contributed by atoms with Gasteiger partial charge in [0.1, 0.15) is 0 Å². The van der Waals surface area contributed by atoms with E-state index in [1.165, 1.54) is 5.56 Å². The molecule has 1 aliphatic heterocycles. The van der Waals surface area contributed by atoms with Crippen LogP contribution in [-0.2, 0) is 11.3 Å². The Morgan fingerprint density at radius 3 is 2.72 bits per heavy atom. The lowest BCUT2D eigenvalue weighted by Gasteiger charge is -2.35. The second-order valence-electron chi connectivity index (χ2n) is 4.79. The summed E-state index contributed by atoms with van der Waals surface area (Å²) < 4.78 is 0. The lowest BCUT2D eigenvalue weighted by atomic mass is 10.1. The van der Waals surface area contributed by atoms with Gasteiger partial charge in [-0.2, -0.15) is 11.3 Å². The van der Waals surface area contributed by atoms with Crippen molar-refractivity contribution in [1.82, 2.24) is 9.80 Å². The van der Waals surface area contributed by atoms with Crippen LogP contribution in [0.3, 0.4) is 0 Å². The molecule has 100 valence electrons. The molecule has 1 atom stereocenters. The van der Waals surface area contributed by atoms with Crippen LogP contribution < -0.4 is 0 Å². The van der Waals surface area contributed by atoms with Crippen LogP contribution in [0.5, 0.6) is 0 Å². The fraction of sp³-hybridized carbons (Fsp3) is 0.615. The normalized spacial score (nSPS) is 18.9. The van der Waals surface area contributed by atoms with Crippen LogP contribution in [0, 0.1) is 5.92 Å². The predicted molar refractivity (Wildman–Crippen MR) is 76.1 cm³/mol. The number of hydrogen-bond acceptors (Lipinski definition) is 3. The zero-order valence-corrected chi connectivity index (χ0v) is 12.2. The number of amides is 1. The summed E-state index contributed by atoms with van der Waals surface area (Å²) >= 11 is 7.47. The molecule has 2 rings (SSSR count). The molecule has 18 heavy (non-hydrogen) atoms. The molecule has 0 aliphatic carbocycles. The van der Waals surface area contributed by atoms with E-state index in [2.05, 4.69) is 21.7 Å². The van der Waals surface area contributed by atoms with Crippen molar-refractivity contribution in [1.29, 1.82) is 0 Å². The number of carbonyl (C=O) groups is 1. The summed E-state index contributed by atoms with van der Waals surface area (Å²) in [5, 5.41) is 4.30. The number of nitrogens with zero attached hydrogens (tertiary/aromatic N) is 2. The molecule has 0 N–H and O–H groups in total. The standard InChI is InChI=1S/C13H19ClN2OS/c1-11(8-14)13(17)16-5-3-15(4-6-16)9-12-2-7-18-10-12/h2,7,10-11H,3-6,8-9H2,1H3. The van der Waals surface area contributed by atoms with Gasteiger partial charge in [-0.25, -0.2) is 0 Å². The second-order valence-corrected chi connectivity index (χ2v) is 5.88. The zero-order valence-electron chi connectivity index (χ0n) is 10.6. The Morgan fingerprint density at radius 2 is 2.17 bits per heavy atom. The Hall–Kier alpha value is -0.580. The van der Waals surface area contributed by atoms with Crippen LogP contribution in [0.25, 0.3) is 0 Å². The van der Waals surface area contributed by atoms with Gasteiger partial charge in [-0.1, -0.05) is 6.92 Å². The Labute approximate surface area is 117 Å². The first kappa shape index (κ1) is 13.8. The van der Waals surface area contributed by atoms with E-state index < -0.39 is 0 Å². The van der Waals surface area contributed by atoms with E-state index in [0.717, 1.165) is 32.7 Å². The summed E-state index contributed by atoms with van der Waals surface area (Å²) in [5.74, 6) is 0.545. The molecule has 5 heteroatoms. The van der Waals surface area contributed by atoms with Crippen molar-refractivity contribution in [3.8, 4) is 0 Å². The van der Waals surface area contributed by atoms with Gasteiger partial charge in [-0.3, -0.25) is 9.69 Å². The molecule has 2 heterocycles. The average Bonchev–Trinajstić information content (AvgIpc) is 2.91. The largest absolute Gasteiger partial charge is 0.340 e. The van der Waals surface area contributed by atoms with E-state index in [1.807, 2.05) is 11.8 Å². The van der Waals surface area contributed by atoms with E-state index in [-0.39, 0.29) is 11.8 Å². The summed E-state index contributed by atoms with van der Waals surface area (Å²) in [5.41, 5.74) is 1.37. The maximum absolute atomic E-state index is 12.0. The van der Waals surface area contributed by atoms with Crippen molar-refractivity contribution in [2.24, 2.45) is 5.92 Å². The van der Waals surface area contributed by atoms with Crippen LogP contribution in [-0.4, -0.2) is 47.8 Å². The highest BCUT2D eigenvalue weighted by atomic mass is 35.5. The molecule has 1 aromatic heterocycles. The number of hydrogen-bond donors (Lipinski definition) is 0. The number of thiophene rings is 1. The third kappa shape index (κ3) is 3.46. The first-order valence-electron chi connectivity index (χ1n) is 6.29. The van der Waals surface area contributed by atoms with Gasteiger partial charge >= 0.3 is 0 Å². The van der Waals surface area contributed by atoms with Crippen molar-refractivity contribution in [3.05, 3.63) is 22.4 Å². The molecule has 0 spiro atoms. The molecule has 1 fully saturated rings. The van der Waals surface area contributed by atoms with Gasteiger partial charge in [0.05, 0.1) is 0 Å². The molecular weight excluding hydrogens is 268 g/mol. The van der Waals surface area contributed by atoms with Gasteiger partial charge in [0, 0.05) is 44.5 Å². The van der Waals surface area contributed by atoms with Crippen molar-refractivity contribution in [2.45, 2.75) is 13.5 Å². The maximum atomic E-state index is 12.0. The molecule has 0 aromatic carbocycles. The molecule has 1 saturated heterocycles. The van der Waals surface area contributed by atoms with Crippen LogP contribution in [0.15, 0.2) is 16.8 Å². The van der Waals surface area contributed by atoms with Crippen molar-refractivity contribution in [2.75, 3.05) is 32.1 Å². The zero-order chi connectivity index (χ0) is 13.0. The van der Waals surface area contributed by atoms with E-state index in [9.17, 15) is 4.79 Å². The highest BCUT2D eigenvalue weighted by Crippen LogP contribution is 2.13.